The van der Waals surface area contributed by atoms with Gasteiger partial charge in [-0.25, -0.2) is 25.3 Å². The molecule has 0 amide bonds. The second-order valence-electron chi connectivity index (χ2n) is 17.1. The second-order valence-corrected chi connectivity index (χ2v) is 25.0. The lowest BCUT2D eigenvalue weighted by molar-refractivity contribution is -0.141. The summed E-state index contributed by atoms with van der Waals surface area (Å²) in [5, 5.41) is 27.4. The Labute approximate surface area is 446 Å². The minimum absolute atomic E-state index is 0.0373. The largest absolute Gasteiger partial charge is 0.480 e. The van der Waals surface area contributed by atoms with Crippen molar-refractivity contribution in [3.8, 4) is 33.4 Å². The van der Waals surface area contributed by atoms with Crippen LogP contribution in [0.25, 0.3) is 33.4 Å². The SMILES string of the molecule is CC(C)[C@H](NS(=O)(=O)c1ccc(-c2ccc(Br)cc2)cc1)C(=O)O.CC(C)[C@H](NS(=O)(=O)c1ccc(-c2ccc(Br)cc2)cc1)C(=O)O.CC(C)[C@H](NS(=O)(=O)c1ccc(-c2ccc(Br)cc2)cc1)C(=O)O. The molecule has 15 nitrogen and oxygen atoms in total. The molecule has 0 unspecified atom stereocenters. The molecule has 0 saturated heterocycles. The molecule has 0 aliphatic heterocycles. The summed E-state index contributed by atoms with van der Waals surface area (Å²) in [6.07, 6.45) is 0. The highest BCUT2D eigenvalue weighted by Gasteiger charge is 2.30. The lowest BCUT2D eigenvalue weighted by Gasteiger charge is -2.18. The van der Waals surface area contributed by atoms with Gasteiger partial charge >= 0.3 is 17.9 Å². The summed E-state index contributed by atoms with van der Waals surface area (Å²) in [7, 11) is -11.7. The summed E-state index contributed by atoms with van der Waals surface area (Å²) in [5.41, 5.74) is 5.50. The Morgan fingerprint density at radius 2 is 0.486 bits per heavy atom. The van der Waals surface area contributed by atoms with Crippen LogP contribution in [0, 0.1) is 17.8 Å². The molecular weight excluding hydrogens is 1180 g/mol. The molecule has 0 radical (unpaired) electrons. The first-order valence-corrected chi connectivity index (χ1v) is 28.8. The maximum atomic E-state index is 12.4. The van der Waals surface area contributed by atoms with Crippen LogP contribution in [-0.4, -0.2) is 76.6 Å². The summed E-state index contributed by atoms with van der Waals surface area (Å²) in [4.78, 5) is 33.7. The van der Waals surface area contributed by atoms with E-state index >= 15 is 0 Å². The van der Waals surface area contributed by atoms with Gasteiger partial charge in [-0.05, 0) is 124 Å². The molecule has 3 atom stereocenters. The van der Waals surface area contributed by atoms with Crippen molar-refractivity contribution in [3.05, 3.63) is 159 Å². The van der Waals surface area contributed by atoms with Crippen molar-refractivity contribution in [2.45, 2.75) is 74.4 Å². The highest BCUT2D eigenvalue weighted by molar-refractivity contribution is 9.11. The first kappa shape index (κ1) is 59.5. The van der Waals surface area contributed by atoms with Gasteiger partial charge in [0.25, 0.3) is 0 Å². The topological polar surface area (TPSA) is 250 Å². The Morgan fingerprint density at radius 1 is 0.333 bits per heavy atom. The van der Waals surface area contributed by atoms with Crippen molar-refractivity contribution in [1.82, 2.24) is 14.2 Å². The number of carbonyl (C=O) groups is 3. The number of nitrogens with one attached hydrogen (secondary N) is 3. The number of sulfonamides is 3. The minimum Gasteiger partial charge on any atom is -0.480 e. The van der Waals surface area contributed by atoms with E-state index in [0.717, 1.165) is 46.8 Å². The number of halogens is 3. The number of carboxylic acids is 3. The lowest BCUT2D eigenvalue weighted by Crippen LogP contribution is -2.44. The van der Waals surface area contributed by atoms with Gasteiger partial charge in [0.2, 0.25) is 30.1 Å². The zero-order valence-electron chi connectivity index (χ0n) is 39.7. The van der Waals surface area contributed by atoms with Crippen LogP contribution in [0.1, 0.15) is 41.5 Å². The monoisotopic (exact) mass is 1230 g/mol. The molecule has 0 aliphatic rings. The van der Waals surface area contributed by atoms with Crippen molar-refractivity contribution < 1.29 is 55.0 Å². The molecule has 0 bridgehead atoms. The smallest absolute Gasteiger partial charge is 0.322 e. The van der Waals surface area contributed by atoms with Crippen molar-refractivity contribution in [3.63, 3.8) is 0 Å². The molecule has 0 saturated carbocycles. The first-order chi connectivity index (χ1) is 33.6. The van der Waals surface area contributed by atoms with Crippen molar-refractivity contribution in [2.24, 2.45) is 17.8 Å². The van der Waals surface area contributed by atoms with Crippen LogP contribution in [0.4, 0.5) is 0 Å². The molecule has 6 aromatic rings. The van der Waals surface area contributed by atoms with E-state index in [2.05, 4.69) is 62.0 Å². The summed E-state index contributed by atoms with van der Waals surface area (Å²) in [6, 6.07) is 38.5. The number of hydrogen-bond acceptors (Lipinski definition) is 9. The molecule has 72 heavy (non-hydrogen) atoms. The van der Waals surface area contributed by atoms with Gasteiger partial charge in [0.1, 0.15) is 18.1 Å². The maximum Gasteiger partial charge on any atom is 0.322 e. The third-order valence-corrected chi connectivity index (χ3v) is 16.6. The van der Waals surface area contributed by atoms with Crippen LogP contribution in [0.2, 0.25) is 0 Å². The highest BCUT2D eigenvalue weighted by atomic mass is 79.9. The van der Waals surface area contributed by atoms with Crippen molar-refractivity contribution in [2.75, 3.05) is 0 Å². The van der Waals surface area contributed by atoms with E-state index in [1.807, 2.05) is 72.8 Å². The third kappa shape index (κ3) is 17.3. The predicted octanol–water partition coefficient (Wildman–Crippen LogP) is 10.5. The molecule has 384 valence electrons. The fourth-order valence-corrected chi connectivity index (χ4v) is 11.3. The van der Waals surface area contributed by atoms with Crippen LogP contribution >= 0.6 is 47.8 Å². The number of aliphatic carboxylic acids is 3. The fourth-order valence-electron chi connectivity index (χ4n) is 6.53. The van der Waals surface area contributed by atoms with Crippen LogP contribution < -0.4 is 14.2 Å². The van der Waals surface area contributed by atoms with Crippen LogP contribution in [0.3, 0.4) is 0 Å². The Kier molecular flexibility index (Phi) is 21.6. The van der Waals surface area contributed by atoms with Crippen LogP contribution in [0.15, 0.2) is 174 Å². The third-order valence-electron chi connectivity index (χ3n) is 10.7. The number of hydrogen-bond donors (Lipinski definition) is 6. The molecule has 0 fully saturated rings. The molecular formula is C51H54Br3N3O12S3. The van der Waals surface area contributed by atoms with Gasteiger partial charge in [0, 0.05) is 13.4 Å². The fraction of sp³-hybridized carbons (Fsp3) is 0.235. The predicted molar refractivity (Wildman–Crippen MR) is 288 cm³/mol. The van der Waals surface area contributed by atoms with E-state index in [-0.39, 0.29) is 32.4 Å². The van der Waals surface area contributed by atoms with Gasteiger partial charge in [-0.2, -0.15) is 14.2 Å². The van der Waals surface area contributed by atoms with Gasteiger partial charge in [-0.3, -0.25) is 14.4 Å². The number of rotatable bonds is 18. The Balaban J connectivity index is 0.000000234. The lowest BCUT2D eigenvalue weighted by atomic mass is 10.1. The maximum absolute atomic E-state index is 12.4. The van der Waals surface area contributed by atoms with E-state index in [0.29, 0.717) is 0 Å². The van der Waals surface area contributed by atoms with Crippen molar-refractivity contribution >= 4 is 95.8 Å². The zero-order chi connectivity index (χ0) is 53.7. The van der Waals surface area contributed by atoms with Gasteiger partial charge in [-0.15, -0.1) is 0 Å². The molecule has 21 heteroatoms. The van der Waals surface area contributed by atoms with Gasteiger partial charge < -0.3 is 15.3 Å². The Hall–Kier alpha value is -5.10. The average molecular weight is 1240 g/mol. The minimum atomic E-state index is -3.89. The van der Waals surface area contributed by atoms with E-state index in [9.17, 15) is 39.6 Å². The first-order valence-electron chi connectivity index (χ1n) is 21.9. The molecule has 6 aromatic carbocycles. The molecule has 0 heterocycles. The highest BCUT2D eigenvalue weighted by Crippen LogP contribution is 2.27. The Bertz CT molecular complexity index is 2780. The molecule has 0 aromatic heterocycles. The molecule has 6 N–H and O–H groups in total. The van der Waals surface area contributed by atoms with Crippen LogP contribution in [-0.2, 0) is 44.5 Å². The molecule has 0 aliphatic carbocycles. The van der Waals surface area contributed by atoms with Crippen molar-refractivity contribution in [1.29, 1.82) is 0 Å². The summed E-state index contributed by atoms with van der Waals surface area (Å²) >= 11 is 10.1. The number of benzene rings is 6. The van der Waals surface area contributed by atoms with E-state index < -0.39 is 66.1 Å². The van der Waals surface area contributed by atoms with Gasteiger partial charge in [-0.1, -0.05) is 162 Å². The van der Waals surface area contributed by atoms with E-state index in [1.54, 1.807) is 77.9 Å². The van der Waals surface area contributed by atoms with Gasteiger partial charge in [0.15, 0.2) is 0 Å². The Morgan fingerprint density at radius 3 is 0.625 bits per heavy atom. The summed E-state index contributed by atoms with van der Waals surface area (Å²) < 4.78 is 83.8. The normalized spacial score (nSPS) is 13.0. The summed E-state index contributed by atoms with van der Waals surface area (Å²) in [5.74, 6) is -4.67. The average Bonchev–Trinajstić information content (AvgIpc) is 3.32. The molecule has 0 spiro atoms. The molecule has 6 rings (SSSR count). The number of carboxylic acid groups (broad SMARTS) is 3. The second kappa shape index (κ2) is 26.2. The van der Waals surface area contributed by atoms with E-state index in [1.165, 1.54) is 36.4 Å². The standard InChI is InChI=1S/3C17H18BrNO4S/c3*1-11(2)16(17(20)21)19-24(22,23)15-9-5-13(6-10-15)12-3-7-14(18)8-4-12/h3*3-11,16,19H,1-2H3,(H,20,21)/t3*16-/m000/s1. The quantitative estimate of drug-likeness (QED) is 0.0470. The van der Waals surface area contributed by atoms with E-state index in [4.69, 9.17) is 15.3 Å². The zero-order valence-corrected chi connectivity index (χ0v) is 46.9. The van der Waals surface area contributed by atoms with Gasteiger partial charge in [0.05, 0.1) is 14.7 Å². The van der Waals surface area contributed by atoms with Crippen LogP contribution in [0.5, 0.6) is 0 Å². The summed E-state index contributed by atoms with van der Waals surface area (Å²) in [6.45, 7) is 9.90.